The minimum Gasteiger partial charge on any atom is -0.393 e. The summed E-state index contributed by atoms with van der Waals surface area (Å²) in [6.45, 7) is 7.63. The Morgan fingerprint density at radius 1 is 1.29 bits per heavy atom. The second-order valence-electron chi connectivity index (χ2n) is 4.55. The highest BCUT2D eigenvalue weighted by molar-refractivity contribution is 5.79. The van der Waals surface area contributed by atoms with Gasteiger partial charge in [0.15, 0.2) is 0 Å². The van der Waals surface area contributed by atoms with E-state index in [1.807, 2.05) is 4.90 Å². The van der Waals surface area contributed by atoms with Crippen LogP contribution in [0.2, 0.25) is 0 Å². The van der Waals surface area contributed by atoms with Gasteiger partial charge in [-0.3, -0.25) is 4.79 Å². The highest BCUT2D eigenvalue weighted by Crippen LogP contribution is 2.25. The molecule has 3 unspecified atom stereocenters. The molecule has 1 N–H and O–H groups in total. The molecule has 1 rings (SSSR count). The van der Waals surface area contributed by atoms with E-state index in [-0.39, 0.29) is 11.8 Å². The van der Waals surface area contributed by atoms with Crippen molar-refractivity contribution in [3.63, 3.8) is 0 Å². The van der Waals surface area contributed by atoms with Crippen molar-refractivity contribution in [1.29, 1.82) is 0 Å². The van der Waals surface area contributed by atoms with E-state index in [1.54, 1.807) is 13.8 Å². The van der Waals surface area contributed by atoms with Gasteiger partial charge in [-0.05, 0) is 33.6 Å². The van der Waals surface area contributed by atoms with E-state index < -0.39 is 6.10 Å². The van der Waals surface area contributed by atoms with Gasteiger partial charge in [-0.15, -0.1) is 0 Å². The first-order valence-electron chi connectivity index (χ1n) is 5.45. The van der Waals surface area contributed by atoms with Crippen LogP contribution in [-0.4, -0.2) is 34.1 Å². The van der Waals surface area contributed by atoms with Crippen LogP contribution in [0, 0.1) is 5.92 Å². The predicted octanol–water partition coefficient (Wildman–Crippen LogP) is 1.40. The number of aliphatic hydroxyl groups excluding tert-OH is 1. The Bertz CT molecular complexity index is 205. The fraction of sp³-hybridized carbons (Fsp3) is 0.909. The molecule has 0 aromatic heterocycles. The molecule has 0 radical (unpaired) electrons. The van der Waals surface area contributed by atoms with Crippen molar-refractivity contribution in [2.45, 2.75) is 58.7 Å². The third-order valence-electron chi connectivity index (χ3n) is 3.32. The Morgan fingerprint density at radius 3 is 2.07 bits per heavy atom. The molecule has 0 saturated carbocycles. The number of carbonyl (C=O) groups excluding carboxylic acids is 1. The van der Waals surface area contributed by atoms with Gasteiger partial charge in [0.05, 0.1) is 12.0 Å². The van der Waals surface area contributed by atoms with E-state index in [1.165, 1.54) is 0 Å². The van der Waals surface area contributed by atoms with Crippen LogP contribution in [0.25, 0.3) is 0 Å². The summed E-state index contributed by atoms with van der Waals surface area (Å²) in [5.41, 5.74) is 0. The molecule has 14 heavy (non-hydrogen) atoms. The number of hydrogen-bond acceptors (Lipinski definition) is 2. The molecule has 0 bridgehead atoms. The maximum atomic E-state index is 12.0. The number of carbonyl (C=O) groups is 1. The van der Waals surface area contributed by atoms with Crippen LogP contribution in [0.15, 0.2) is 0 Å². The highest BCUT2D eigenvalue weighted by Gasteiger charge is 2.34. The van der Waals surface area contributed by atoms with E-state index in [2.05, 4.69) is 13.8 Å². The van der Waals surface area contributed by atoms with Gasteiger partial charge >= 0.3 is 0 Å². The molecule has 0 aromatic rings. The van der Waals surface area contributed by atoms with E-state index in [0.29, 0.717) is 12.1 Å². The van der Waals surface area contributed by atoms with Crippen LogP contribution < -0.4 is 0 Å². The molecular formula is C11H21NO2. The highest BCUT2D eigenvalue weighted by atomic mass is 16.3. The van der Waals surface area contributed by atoms with Gasteiger partial charge in [0.2, 0.25) is 5.91 Å². The number of likely N-dealkylation sites (tertiary alicyclic amines) is 1. The van der Waals surface area contributed by atoms with Gasteiger partial charge in [0.25, 0.3) is 0 Å². The lowest BCUT2D eigenvalue weighted by atomic mass is 10.0. The first kappa shape index (κ1) is 11.5. The average Bonchev–Trinajstić information content (AvgIpc) is 2.44. The summed E-state index contributed by atoms with van der Waals surface area (Å²) in [5, 5.41) is 9.38. The molecule has 1 aliphatic rings. The summed E-state index contributed by atoms with van der Waals surface area (Å²) in [7, 11) is 0. The molecule has 1 amide bonds. The van der Waals surface area contributed by atoms with Crippen LogP contribution in [0.5, 0.6) is 0 Å². The van der Waals surface area contributed by atoms with Crippen LogP contribution in [0.1, 0.15) is 40.5 Å². The molecule has 1 aliphatic heterocycles. The second kappa shape index (κ2) is 4.30. The normalized spacial score (nSPS) is 31.6. The molecule has 3 heteroatoms. The largest absolute Gasteiger partial charge is 0.393 e. The number of amides is 1. The average molecular weight is 199 g/mol. The SMILES string of the molecule is CC(O)C(C)C(=O)N1C(C)CC[C@H]1C. The molecule has 0 aliphatic carbocycles. The zero-order valence-corrected chi connectivity index (χ0v) is 9.53. The Labute approximate surface area is 86.1 Å². The predicted molar refractivity (Wildman–Crippen MR) is 55.8 cm³/mol. The fourth-order valence-electron chi connectivity index (χ4n) is 2.07. The first-order chi connectivity index (χ1) is 6.45. The van der Waals surface area contributed by atoms with Crippen LogP contribution in [0.3, 0.4) is 0 Å². The quantitative estimate of drug-likeness (QED) is 0.730. The van der Waals surface area contributed by atoms with Crippen molar-refractivity contribution in [2.24, 2.45) is 5.92 Å². The van der Waals surface area contributed by atoms with E-state index in [9.17, 15) is 9.90 Å². The van der Waals surface area contributed by atoms with E-state index in [0.717, 1.165) is 12.8 Å². The molecule has 1 fully saturated rings. The summed E-state index contributed by atoms with van der Waals surface area (Å²) in [6.07, 6.45) is 1.61. The van der Waals surface area contributed by atoms with Gasteiger partial charge in [0, 0.05) is 12.1 Å². The van der Waals surface area contributed by atoms with Crippen molar-refractivity contribution < 1.29 is 9.90 Å². The Kier molecular flexibility index (Phi) is 3.53. The van der Waals surface area contributed by atoms with E-state index >= 15 is 0 Å². The third kappa shape index (κ3) is 2.08. The Hall–Kier alpha value is -0.570. The number of aliphatic hydroxyl groups is 1. The van der Waals surface area contributed by atoms with Crippen LogP contribution >= 0.6 is 0 Å². The minimum atomic E-state index is -0.553. The monoisotopic (exact) mass is 199 g/mol. The van der Waals surface area contributed by atoms with Crippen molar-refractivity contribution >= 4 is 5.91 Å². The lowest BCUT2D eigenvalue weighted by Crippen LogP contribution is -2.44. The maximum absolute atomic E-state index is 12.0. The molecular weight excluding hydrogens is 178 g/mol. The summed E-state index contributed by atoms with van der Waals surface area (Å²) in [5.74, 6) is -0.185. The fourth-order valence-corrected chi connectivity index (χ4v) is 2.07. The van der Waals surface area contributed by atoms with Gasteiger partial charge in [-0.2, -0.15) is 0 Å². The molecule has 0 spiro atoms. The molecule has 4 atom stereocenters. The van der Waals surface area contributed by atoms with Crippen LogP contribution in [0.4, 0.5) is 0 Å². The lowest BCUT2D eigenvalue weighted by Gasteiger charge is -2.30. The molecule has 82 valence electrons. The summed E-state index contributed by atoms with van der Waals surface area (Å²) >= 11 is 0. The third-order valence-corrected chi connectivity index (χ3v) is 3.32. The Balaban J connectivity index is 2.68. The van der Waals surface area contributed by atoms with Crippen molar-refractivity contribution in [1.82, 2.24) is 4.90 Å². The van der Waals surface area contributed by atoms with Gasteiger partial charge in [-0.25, -0.2) is 0 Å². The Morgan fingerprint density at radius 2 is 1.71 bits per heavy atom. The molecule has 0 aromatic carbocycles. The summed E-state index contributed by atoms with van der Waals surface area (Å²) in [6, 6.07) is 0.664. The maximum Gasteiger partial charge on any atom is 0.228 e. The smallest absolute Gasteiger partial charge is 0.228 e. The first-order valence-corrected chi connectivity index (χ1v) is 5.45. The summed E-state index contributed by atoms with van der Waals surface area (Å²) in [4.78, 5) is 13.9. The molecule has 1 heterocycles. The molecule has 1 saturated heterocycles. The van der Waals surface area contributed by atoms with Gasteiger partial charge in [-0.1, -0.05) is 6.92 Å². The van der Waals surface area contributed by atoms with Crippen molar-refractivity contribution in [3.05, 3.63) is 0 Å². The van der Waals surface area contributed by atoms with E-state index in [4.69, 9.17) is 0 Å². The standard InChI is InChI=1S/C11H21NO2/c1-7-5-6-8(2)12(7)11(14)9(3)10(4)13/h7-10,13H,5-6H2,1-4H3/t7-,8?,9?,10?/m1/s1. The zero-order chi connectivity index (χ0) is 10.9. The number of nitrogens with zero attached hydrogens (tertiary/aromatic N) is 1. The second-order valence-corrected chi connectivity index (χ2v) is 4.55. The van der Waals surface area contributed by atoms with Gasteiger partial charge < -0.3 is 10.0 Å². The lowest BCUT2D eigenvalue weighted by molar-refractivity contribution is -0.140. The number of rotatable bonds is 2. The minimum absolute atomic E-state index is 0.0949. The summed E-state index contributed by atoms with van der Waals surface area (Å²) < 4.78 is 0. The zero-order valence-electron chi connectivity index (χ0n) is 9.53. The number of hydrogen-bond donors (Lipinski definition) is 1. The van der Waals surface area contributed by atoms with Crippen LogP contribution in [-0.2, 0) is 4.79 Å². The van der Waals surface area contributed by atoms with Crippen molar-refractivity contribution in [3.8, 4) is 0 Å². The molecule has 3 nitrogen and oxygen atoms in total. The van der Waals surface area contributed by atoms with Gasteiger partial charge in [0.1, 0.15) is 0 Å². The topological polar surface area (TPSA) is 40.5 Å². The van der Waals surface area contributed by atoms with Crippen molar-refractivity contribution in [2.75, 3.05) is 0 Å².